The third-order valence-corrected chi connectivity index (χ3v) is 3.81. The summed E-state index contributed by atoms with van der Waals surface area (Å²) in [6.07, 6.45) is 3.30. The van der Waals surface area contributed by atoms with Crippen molar-refractivity contribution in [2.24, 2.45) is 0 Å². The molecule has 0 aliphatic carbocycles. The Morgan fingerprint density at radius 3 is 3.18 bits per heavy atom. The van der Waals surface area contributed by atoms with Gasteiger partial charge in [0, 0.05) is 18.1 Å². The van der Waals surface area contributed by atoms with Crippen LogP contribution >= 0.6 is 11.8 Å². The van der Waals surface area contributed by atoms with Crippen LogP contribution in [0, 0.1) is 0 Å². The molecule has 0 fully saturated rings. The predicted octanol–water partition coefficient (Wildman–Crippen LogP) is 0.545. The fraction of sp³-hybridized carbons (Fsp3) is 0.200. The van der Waals surface area contributed by atoms with Gasteiger partial charge in [0.2, 0.25) is 5.16 Å². The molecule has 3 aromatic heterocycles. The molecule has 17 heavy (non-hydrogen) atoms. The summed E-state index contributed by atoms with van der Waals surface area (Å²) in [6.45, 7) is 0.684. The Morgan fingerprint density at radius 2 is 2.24 bits per heavy atom. The highest BCUT2D eigenvalue weighted by Gasteiger charge is 2.19. The van der Waals surface area contributed by atoms with Crippen LogP contribution in [0.2, 0.25) is 0 Å². The molecule has 0 spiro atoms. The van der Waals surface area contributed by atoms with Gasteiger partial charge in [0.15, 0.2) is 5.65 Å². The average Bonchev–Trinajstić information content (AvgIpc) is 2.81. The maximum atomic E-state index is 12.3. The number of rotatable bonds is 0. The van der Waals surface area contributed by atoms with Gasteiger partial charge < -0.3 is 0 Å². The molecule has 0 aromatic carbocycles. The van der Waals surface area contributed by atoms with Crippen molar-refractivity contribution in [1.29, 1.82) is 0 Å². The second kappa shape index (κ2) is 3.07. The minimum atomic E-state index is -0.00347. The fourth-order valence-corrected chi connectivity index (χ4v) is 3.01. The molecule has 1 aliphatic heterocycles. The van der Waals surface area contributed by atoms with E-state index in [4.69, 9.17) is 0 Å². The first kappa shape index (κ1) is 9.17. The molecule has 0 saturated carbocycles. The Balaban J connectivity index is 2.39. The third kappa shape index (κ3) is 1.06. The third-order valence-electron chi connectivity index (χ3n) is 2.91. The van der Waals surface area contributed by atoms with Crippen LogP contribution in [0.1, 0.15) is 0 Å². The standard InChI is InChI=1S/C10H7N5OS/c16-9-6-1-2-11-5-7(6)8-12-13-10-15(8)14(9)3-4-17-10/h1-2,5H,3-4H2. The number of hydrogen-bond acceptors (Lipinski definition) is 5. The Morgan fingerprint density at radius 1 is 1.29 bits per heavy atom. The maximum absolute atomic E-state index is 12.3. The SMILES string of the molecule is O=c1c2ccncc2c2nnc3n2n1CCS3. The molecule has 0 amide bonds. The van der Waals surface area contributed by atoms with Gasteiger partial charge in [-0.15, -0.1) is 10.2 Å². The molecule has 7 heteroatoms. The maximum Gasteiger partial charge on any atom is 0.273 e. The number of pyridine rings is 1. The first-order chi connectivity index (χ1) is 8.36. The minimum absolute atomic E-state index is 0.00347. The molecule has 0 unspecified atom stereocenters. The summed E-state index contributed by atoms with van der Waals surface area (Å²) in [7, 11) is 0. The molecule has 6 nitrogen and oxygen atoms in total. The number of fused-ring (bicyclic) bond motifs is 2. The zero-order chi connectivity index (χ0) is 11.4. The van der Waals surface area contributed by atoms with Crippen molar-refractivity contribution in [1.82, 2.24) is 24.4 Å². The first-order valence-electron chi connectivity index (χ1n) is 5.21. The monoisotopic (exact) mass is 245 g/mol. The van der Waals surface area contributed by atoms with E-state index in [1.807, 2.05) is 0 Å². The van der Waals surface area contributed by atoms with Gasteiger partial charge >= 0.3 is 0 Å². The van der Waals surface area contributed by atoms with Crippen LogP contribution < -0.4 is 5.56 Å². The lowest BCUT2D eigenvalue weighted by Gasteiger charge is -2.15. The summed E-state index contributed by atoms with van der Waals surface area (Å²) in [5.74, 6) is 0.851. The number of thioether (sulfide) groups is 1. The molecular weight excluding hydrogens is 238 g/mol. The second-order valence-electron chi connectivity index (χ2n) is 3.82. The van der Waals surface area contributed by atoms with E-state index in [1.165, 1.54) is 0 Å². The summed E-state index contributed by atoms with van der Waals surface area (Å²) >= 11 is 1.61. The van der Waals surface area contributed by atoms with Crippen molar-refractivity contribution >= 4 is 28.2 Å². The zero-order valence-electron chi connectivity index (χ0n) is 8.70. The van der Waals surface area contributed by atoms with Gasteiger partial charge in [-0.25, -0.2) is 9.20 Å². The molecule has 0 radical (unpaired) electrons. The summed E-state index contributed by atoms with van der Waals surface area (Å²) in [5.41, 5.74) is 0.700. The normalized spacial score (nSPS) is 14.6. The smallest absolute Gasteiger partial charge is 0.267 e. The van der Waals surface area contributed by atoms with E-state index in [2.05, 4.69) is 15.2 Å². The second-order valence-corrected chi connectivity index (χ2v) is 4.88. The summed E-state index contributed by atoms with van der Waals surface area (Å²) in [6, 6.07) is 1.73. The van der Waals surface area contributed by atoms with Crippen LogP contribution in [0.25, 0.3) is 16.4 Å². The van der Waals surface area contributed by atoms with Crippen LogP contribution in [0.5, 0.6) is 0 Å². The van der Waals surface area contributed by atoms with E-state index in [0.717, 1.165) is 16.3 Å². The molecule has 84 valence electrons. The van der Waals surface area contributed by atoms with Gasteiger partial charge in [0.25, 0.3) is 5.56 Å². The largest absolute Gasteiger partial charge is 0.273 e. The van der Waals surface area contributed by atoms with Crippen molar-refractivity contribution in [3.05, 3.63) is 28.8 Å². The lowest BCUT2D eigenvalue weighted by Crippen LogP contribution is -2.30. The van der Waals surface area contributed by atoms with E-state index < -0.39 is 0 Å². The number of nitrogens with zero attached hydrogens (tertiary/aromatic N) is 5. The predicted molar refractivity (Wildman–Crippen MR) is 63.3 cm³/mol. The zero-order valence-corrected chi connectivity index (χ0v) is 9.52. The van der Waals surface area contributed by atoms with E-state index in [-0.39, 0.29) is 5.56 Å². The van der Waals surface area contributed by atoms with Gasteiger partial charge in [0.1, 0.15) is 0 Å². The molecule has 3 aromatic rings. The minimum Gasteiger partial charge on any atom is -0.267 e. The molecule has 0 bridgehead atoms. The Labute approximate surface area is 99.3 Å². The molecule has 0 N–H and O–H groups in total. The van der Waals surface area contributed by atoms with Crippen LogP contribution in [-0.4, -0.2) is 30.1 Å². The number of hydrogen-bond donors (Lipinski definition) is 0. The van der Waals surface area contributed by atoms with E-state index in [1.54, 1.807) is 39.4 Å². The lowest BCUT2D eigenvalue weighted by atomic mass is 10.2. The highest BCUT2D eigenvalue weighted by molar-refractivity contribution is 7.99. The Hall–Kier alpha value is -1.89. The Bertz CT molecular complexity index is 805. The average molecular weight is 245 g/mol. The van der Waals surface area contributed by atoms with Gasteiger partial charge in [-0.1, -0.05) is 11.8 Å². The van der Waals surface area contributed by atoms with Crippen LogP contribution in [0.4, 0.5) is 0 Å². The van der Waals surface area contributed by atoms with Crippen LogP contribution in [0.3, 0.4) is 0 Å². The van der Waals surface area contributed by atoms with Crippen LogP contribution in [0.15, 0.2) is 28.4 Å². The Kier molecular flexibility index (Phi) is 1.66. The van der Waals surface area contributed by atoms with Crippen LogP contribution in [-0.2, 0) is 6.54 Å². The van der Waals surface area contributed by atoms with Gasteiger partial charge in [-0.3, -0.25) is 9.78 Å². The molecule has 0 atom stereocenters. The fourth-order valence-electron chi connectivity index (χ4n) is 2.15. The van der Waals surface area contributed by atoms with Gasteiger partial charge in [-0.2, -0.15) is 0 Å². The van der Waals surface area contributed by atoms with E-state index in [0.29, 0.717) is 17.6 Å². The summed E-state index contributed by atoms with van der Waals surface area (Å²) in [5, 5.41) is 10.4. The first-order valence-corrected chi connectivity index (χ1v) is 6.19. The molecule has 4 rings (SSSR count). The molecule has 1 aliphatic rings. The number of aromatic nitrogens is 5. The summed E-state index contributed by atoms with van der Waals surface area (Å²) < 4.78 is 3.49. The van der Waals surface area contributed by atoms with Crippen molar-refractivity contribution in [3.8, 4) is 0 Å². The van der Waals surface area contributed by atoms with Gasteiger partial charge in [0.05, 0.1) is 17.3 Å². The quantitative estimate of drug-likeness (QED) is 0.578. The van der Waals surface area contributed by atoms with Crippen molar-refractivity contribution in [2.75, 3.05) is 5.75 Å². The van der Waals surface area contributed by atoms with Gasteiger partial charge in [-0.05, 0) is 6.07 Å². The van der Waals surface area contributed by atoms with E-state index in [9.17, 15) is 4.79 Å². The van der Waals surface area contributed by atoms with E-state index >= 15 is 0 Å². The molecule has 4 heterocycles. The highest BCUT2D eigenvalue weighted by Crippen LogP contribution is 2.23. The van der Waals surface area contributed by atoms with Crippen molar-refractivity contribution < 1.29 is 0 Å². The summed E-state index contributed by atoms with van der Waals surface area (Å²) in [4.78, 5) is 16.4. The molecular formula is C10H7N5OS. The highest BCUT2D eigenvalue weighted by atomic mass is 32.2. The van der Waals surface area contributed by atoms with Crippen molar-refractivity contribution in [3.63, 3.8) is 0 Å². The lowest BCUT2D eigenvalue weighted by molar-refractivity contribution is 0.540. The molecule has 0 saturated heterocycles. The topological polar surface area (TPSA) is 65.1 Å². The van der Waals surface area contributed by atoms with Crippen molar-refractivity contribution in [2.45, 2.75) is 11.7 Å². The number of aryl methyl sites for hydroxylation is 1.